The first kappa shape index (κ1) is 21.0. The Kier molecular flexibility index (Phi) is 4.60. The SMILES string of the molecule is C=CCN1CC[C@]23c4c5ccc(O)c4OC2C(NC(=O)c2cccc(Cl)c2)CC[C@@]3(O)[C@H]1C5. The number of aromatic hydroxyl groups is 1. The van der Waals surface area contributed by atoms with Gasteiger partial charge in [0.1, 0.15) is 6.10 Å². The molecule has 2 aromatic carbocycles. The molecule has 1 amide bonds. The molecule has 2 heterocycles. The molecule has 3 N–H and O–H groups in total. The number of aliphatic hydroxyl groups is 1. The van der Waals surface area contributed by atoms with Crippen molar-refractivity contribution in [3.63, 3.8) is 0 Å². The molecule has 2 fully saturated rings. The van der Waals surface area contributed by atoms with Gasteiger partial charge in [0.15, 0.2) is 11.5 Å². The lowest BCUT2D eigenvalue weighted by Gasteiger charge is -2.64. The summed E-state index contributed by atoms with van der Waals surface area (Å²) < 4.78 is 6.45. The lowest BCUT2D eigenvalue weighted by atomic mass is 9.48. The highest BCUT2D eigenvalue weighted by atomic mass is 35.5. The number of benzene rings is 2. The number of nitrogens with zero attached hydrogens (tertiary/aromatic N) is 1. The number of nitrogens with one attached hydrogen (secondary N) is 1. The number of hydrogen-bond donors (Lipinski definition) is 3. The number of hydrogen-bond acceptors (Lipinski definition) is 5. The standard InChI is InChI=1S/C26H27ClN2O4/c1-2-11-29-12-10-25-21-15-6-7-19(30)22(21)33-23(25)18(8-9-26(25,32)20(29)14-15)28-24(31)16-4-3-5-17(27)13-16/h2-7,13,18,20,23,30,32H,1,8-12,14H2,(H,28,31)/t18?,20-,23?,25+,26-/m1/s1. The van der Waals surface area contributed by atoms with Crippen LogP contribution in [0.1, 0.15) is 40.7 Å². The van der Waals surface area contributed by atoms with Crippen LogP contribution in [0, 0.1) is 0 Å². The molecule has 0 radical (unpaired) electrons. The van der Waals surface area contributed by atoms with Gasteiger partial charge in [0.05, 0.1) is 17.1 Å². The number of carbonyl (C=O) groups is 1. The van der Waals surface area contributed by atoms with Crippen molar-refractivity contribution >= 4 is 17.5 Å². The summed E-state index contributed by atoms with van der Waals surface area (Å²) in [6, 6.07) is 10.1. The minimum atomic E-state index is -1.01. The van der Waals surface area contributed by atoms with Gasteiger partial charge in [0, 0.05) is 28.7 Å². The first-order valence-corrected chi connectivity index (χ1v) is 11.9. The molecule has 33 heavy (non-hydrogen) atoms. The summed E-state index contributed by atoms with van der Waals surface area (Å²) in [6.07, 6.45) is 3.93. The molecule has 6 rings (SSSR count). The van der Waals surface area contributed by atoms with Crippen molar-refractivity contribution in [2.75, 3.05) is 13.1 Å². The summed E-state index contributed by atoms with van der Waals surface area (Å²) in [6.45, 7) is 5.41. The van der Waals surface area contributed by atoms with Gasteiger partial charge in [-0.05, 0) is 62.1 Å². The van der Waals surface area contributed by atoms with Crippen LogP contribution in [0.15, 0.2) is 49.1 Å². The van der Waals surface area contributed by atoms with Crippen molar-refractivity contribution in [3.05, 3.63) is 70.8 Å². The summed E-state index contributed by atoms with van der Waals surface area (Å²) in [4.78, 5) is 15.4. The van der Waals surface area contributed by atoms with Gasteiger partial charge in [0.2, 0.25) is 0 Å². The first-order valence-electron chi connectivity index (χ1n) is 11.5. The summed E-state index contributed by atoms with van der Waals surface area (Å²) in [5.74, 6) is 0.340. The first-order chi connectivity index (χ1) is 15.9. The Morgan fingerprint density at radius 2 is 2.18 bits per heavy atom. The van der Waals surface area contributed by atoms with Gasteiger partial charge in [-0.15, -0.1) is 6.58 Å². The van der Waals surface area contributed by atoms with Gasteiger partial charge in [0.25, 0.3) is 5.91 Å². The van der Waals surface area contributed by atoms with Crippen LogP contribution in [0.2, 0.25) is 5.02 Å². The maximum absolute atomic E-state index is 13.1. The fourth-order valence-electron chi connectivity index (χ4n) is 7.04. The molecule has 2 unspecified atom stereocenters. The number of carbonyl (C=O) groups excluding carboxylic acids is 1. The van der Waals surface area contributed by atoms with E-state index in [9.17, 15) is 15.0 Å². The molecular formula is C26H27ClN2O4. The third kappa shape index (κ3) is 2.71. The molecule has 172 valence electrons. The second-order valence-electron chi connectivity index (χ2n) is 9.76. The molecule has 4 aliphatic rings. The van der Waals surface area contributed by atoms with E-state index in [-0.39, 0.29) is 23.7 Å². The molecule has 2 bridgehead atoms. The van der Waals surface area contributed by atoms with E-state index in [4.69, 9.17) is 16.3 Å². The highest BCUT2D eigenvalue weighted by Gasteiger charge is 2.72. The average Bonchev–Trinajstić information content (AvgIpc) is 3.15. The van der Waals surface area contributed by atoms with E-state index in [1.54, 1.807) is 30.3 Å². The second kappa shape index (κ2) is 7.23. The van der Waals surface area contributed by atoms with Crippen LogP contribution in [-0.2, 0) is 11.8 Å². The molecule has 2 aliphatic heterocycles. The number of likely N-dealkylation sites (tertiary alicyclic amines) is 1. The molecule has 2 aromatic rings. The van der Waals surface area contributed by atoms with E-state index in [1.165, 1.54) is 0 Å². The maximum atomic E-state index is 13.1. The van der Waals surface area contributed by atoms with Crippen LogP contribution in [0.25, 0.3) is 0 Å². The van der Waals surface area contributed by atoms with Gasteiger partial charge in [-0.25, -0.2) is 0 Å². The fraction of sp³-hybridized carbons (Fsp3) is 0.423. The Morgan fingerprint density at radius 1 is 1.33 bits per heavy atom. The number of rotatable bonds is 4. The Balaban J connectivity index is 1.43. The number of phenolic OH excluding ortho intramolecular Hbond substituents is 1. The summed E-state index contributed by atoms with van der Waals surface area (Å²) in [5, 5.41) is 26.7. The monoisotopic (exact) mass is 466 g/mol. The summed E-state index contributed by atoms with van der Waals surface area (Å²) in [7, 11) is 0. The smallest absolute Gasteiger partial charge is 0.251 e. The van der Waals surface area contributed by atoms with Crippen molar-refractivity contribution < 1.29 is 19.7 Å². The lowest BCUT2D eigenvalue weighted by Crippen LogP contribution is -2.78. The van der Waals surface area contributed by atoms with Crippen molar-refractivity contribution in [3.8, 4) is 11.5 Å². The molecule has 1 spiro atoms. The molecule has 1 saturated carbocycles. The Labute approximate surface area is 197 Å². The van der Waals surface area contributed by atoms with Crippen LogP contribution < -0.4 is 10.1 Å². The topological polar surface area (TPSA) is 82.0 Å². The predicted molar refractivity (Wildman–Crippen MR) is 125 cm³/mol. The molecule has 5 atom stereocenters. The average molecular weight is 467 g/mol. The van der Waals surface area contributed by atoms with Crippen LogP contribution in [0.5, 0.6) is 11.5 Å². The third-order valence-electron chi connectivity index (χ3n) is 8.34. The van der Waals surface area contributed by atoms with Gasteiger partial charge in [-0.2, -0.15) is 0 Å². The van der Waals surface area contributed by atoms with Crippen molar-refractivity contribution in [2.24, 2.45) is 0 Å². The number of piperidine rings is 1. The van der Waals surface area contributed by atoms with Gasteiger partial charge < -0.3 is 20.3 Å². The van der Waals surface area contributed by atoms with Gasteiger partial charge in [-0.3, -0.25) is 9.69 Å². The lowest BCUT2D eigenvalue weighted by molar-refractivity contribution is -0.188. The van der Waals surface area contributed by atoms with Crippen molar-refractivity contribution in [2.45, 2.75) is 54.9 Å². The number of phenols is 1. The summed E-state index contributed by atoms with van der Waals surface area (Å²) >= 11 is 6.09. The highest BCUT2D eigenvalue weighted by Crippen LogP contribution is 2.65. The second-order valence-corrected chi connectivity index (χ2v) is 10.2. The minimum absolute atomic E-state index is 0.0667. The van der Waals surface area contributed by atoms with E-state index in [1.807, 2.05) is 12.1 Å². The zero-order valence-corrected chi connectivity index (χ0v) is 19.0. The van der Waals surface area contributed by atoms with Crippen molar-refractivity contribution in [1.29, 1.82) is 0 Å². The molecule has 1 saturated heterocycles. The predicted octanol–water partition coefficient (Wildman–Crippen LogP) is 3.18. The van der Waals surface area contributed by atoms with E-state index in [2.05, 4.69) is 16.8 Å². The fourth-order valence-corrected chi connectivity index (χ4v) is 7.23. The van der Waals surface area contributed by atoms with E-state index in [0.717, 1.165) is 17.7 Å². The summed E-state index contributed by atoms with van der Waals surface area (Å²) in [5.41, 5.74) is 0.841. The normalized spacial score (nSPS) is 33.7. The van der Waals surface area contributed by atoms with E-state index >= 15 is 0 Å². The largest absolute Gasteiger partial charge is 0.504 e. The number of ether oxygens (including phenoxy) is 1. The number of halogens is 1. The highest BCUT2D eigenvalue weighted by molar-refractivity contribution is 6.30. The zero-order chi connectivity index (χ0) is 23.0. The molecule has 0 aromatic heterocycles. The third-order valence-corrected chi connectivity index (χ3v) is 8.57. The minimum Gasteiger partial charge on any atom is -0.504 e. The van der Waals surface area contributed by atoms with Crippen LogP contribution in [0.4, 0.5) is 0 Å². The Morgan fingerprint density at radius 3 is 2.97 bits per heavy atom. The Hall–Kier alpha value is -2.54. The quantitative estimate of drug-likeness (QED) is 0.603. The maximum Gasteiger partial charge on any atom is 0.251 e. The number of amides is 1. The van der Waals surface area contributed by atoms with Gasteiger partial charge >= 0.3 is 0 Å². The van der Waals surface area contributed by atoms with Crippen LogP contribution in [-0.4, -0.2) is 57.9 Å². The zero-order valence-electron chi connectivity index (χ0n) is 18.3. The Bertz CT molecular complexity index is 1170. The van der Waals surface area contributed by atoms with E-state index in [0.29, 0.717) is 48.6 Å². The van der Waals surface area contributed by atoms with Gasteiger partial charge in [-0.1, -0.05) is 29.8 Å². The van der Waals surface area contributed by atoms with E-state index < -0.39 is 17.1 Å². The molecular weight excluding hydrogens is 440 g/mol. The molecule has 7 heteroatoms. The molecule has 6 nitrogen and oxygen atoms in total. The van der Waals surface area contributed by atoms with Crippen molar-refractivity contribution in [1.82, 2.24) is 10.2 Å². The molecule has 2 aliphatic carbocycles. The van der Waals surface area contributed by atoms with Crippen LogP contribution in [0.3, 0.4) is 0 Å². The van der Waals surface area contributed by atoms with Crippen LogP contribution >= 0.6 is 11.6 Å².